The van der Waals surface area contributed by atoms with Gasteiger partial charge in [-0.25, -0.2) is 4.39 Å². The highest BCUT2D eigenvalue weighted by Crippen LogP contribution is 2.26. The topological polar surface area (TPSA) is 55.3 Å². The van der Waals surface area contributed by atoms with Crippen molar-refractivity contribution in [1.29, 1.82) is 0 Å². The molecule has 2 aromatic carbocycles. The van der Waals surface area contributed by atoms with Gasteiger partial charge in [-0.1, -0.05) is 18.2 Å². The molecular formula is C12H10FN2O2+. The summed E-state index contributed by atoms with van der Waals surface area (Å²) in [6.45, 7) is 0. The Labute approximate surface area is 97.0 Å². The van der Waals surface area contributed by atoms with Gasteiger partial charge in [-0.2, -0.15) is 5.84 Å². The third kappa shape index (κ3) is 2.57. The third-order valence-electron chi connectivity index (χ3n) is 2.14. The van der Waals surface area contributed by atoms with Crippen LogP contribution in [0, 0.1) is 10.7 Å². The molecule has 0 saturated carbocycles. The molecule has 0 saturated heterocycles. The Morgan fingerprint density at radius 3 is 2.41 bits per heavy atom. The van der Waals surface area contributed by atoms with Crippen LogP contribution >= 0.6 is 0 Å². The van der Waals surface area contributed by atoms with Gasteiger partial charge in [0.05, 0.1) is 11.0 Å². The lowest BCUT2D eigenvalue weighted by Gasteiger charge is -2.05. The maximum atomic E-state index is 13.5. The molecule has 2 rings (SSSR count). The molecule has 2 N–H and O–H groups in total. The number of rotatable bonds is 3. The molecule has 0 heterocycles. The minimum Gasteiger partial charge on any atom is -0.454 e. The van der Waals surface area contributed by atoms with Gasteiger partial charge in [-0.05, 0) is 18.2 Å². The summed E-state index contributed by atoms with van der Waals surface area (Å²) >= 11 is 0. The minimum atomic E-state index is -0.641. The van der Waals surface area contributed by atoms with Crippen LogP contribution in [-0.4, -0.2) is 4.87 Å². The first-order valence-electron chi connectivity index (χ1n) is 4.91. The summed E-state index contributed by atoms with van der Waals surface area (Å²) in [6, 6.07) is 12.6. The Kier molecular flexibility index (Phi) is 3.00. The van der Waals surface area contributed by atoms with E-state index in [-0.39, 0.29) is 16.3 Å². The molecule has 5 heteroatoms. The highest BCUT2D eigenvalue weighted by atomic mass is 19.1. The van der Waals surface area contributed by atoms with Crippen molar-refractivity contribution in [3.8, 4) is 11.5 Å². The van der Waals surface area contributed by atoms with Crippen LogP contribution in [0.5, 0.6) is 11.5 Å². The first-order chi connectivity index (χ1) is 8.16. The number of hydrogen-bond donors (Lipinski definition) is 1. The number of hydrogen-bond acceptors (Lipinski definition) is 2. The molecule has 86 valence electrons. The molecule has 0 aliphatic heterocycles. The van der Waals surface area contributed by atoms with Crippen LogP contribution in [-0.2, 0) is 0 Å². The van der Waals surface area contributed by atoms with Gasteiger partial charge in [0.2, 0.25) is 0 Å². The van der Waals surface area contributed by atoms with Gasteiger partial charge in [0.1, 0.15) is 5.75 Å². The van der Waals surface area contributed by atoms with E-state index in [9.17, 15) is 9.30 Å². The first-order valence-corrected chi connectivity index (χ1v) is 4.91. The predicted octanol–water partition coefficient (Wildman–Crippen LogP) is 2.90. The fourth-order valence-electron chi connectivity index (χ4n) is 1.33. The van der Waals surface area contributed by atoms with Crippen molar-refractivity contribution in [1.82, 2.24) is 0 Å². The van der Waals surface area contributed by atoms with Gasteiger partial charge >= 0.3 is 0 Å². The van der Waals surface area contributed by atoms with Crippen LogP contribution in [0.4, 0.5) is 10.1 Å². The van der Waals surface area contributed by atoms with E-state index in [4.69, 9.17) is 10.6 Å². The Morgan fingerprint density at radius 2 is 1.82 bits per heavy atom. The van der Waals surface area contributed by atoms with Gasteiger partial charge in [-0.15, -0.1) is 0 Å². The number of para-hydroxylation sites is 1. The van der Waals surface area contributed by atoms with Crippen LogP contribution < -0.4 is 10.6 Å². The second kappa shape index (κ2) is 4.61. The van der Waals surface area contributed by atoms with Crippen molar-refractivity contribution in [3.05, 3.63) is 59.3 Å². The van der Waals surface area contributed by atoms with Gasteiger partial charge in [-0.3, -0.25) is 0 Å². The smallest absolute Gasteiger partial charge is 0.294 e. The molecule has 2 aromatic rings. The van der Waals surface area contributed by atoms with E-state index in [0.29, 0.717) is 5.75 Å². The molecule has 17 heavy (non-hydrogen) atoms. The third-order valence-corrected chi connectivity index (χ3v) is 2.14. The number of nitrogens with zero attached hydrogens (tertiary/aromatic N) is 1. The lowest BCUT2D eigenvalue weighted by atomic mass is 10.3. The Hall–Kier alpha value is -2.43. The summed E-state index contributed by atoms with van der Waals surface area (Å²) in [5.41, 5.74) is 0.0305. The van der Waals surface area contributed by atoms with Crippen molar-refractivity contribution >= 4 is 5.69 Å². The van der Waals surface area contributed by atoms with Crippen molar-refractivity contribution in [3.63, 3.8) is 0 Å². The number of hydrazine groups is 1. The molecule has 0 radical (unpaired) electrons. The summed E-state index contributed by atoms with van der Waals surface area (Å²) < 4.78 is 18.9. The van der Waals surface area contributed by atoms with Crippen molar-refractivity contribution in [2.75, 3.05) is 0 Å². The van der Waals surface area contributed by atoms with Crippen LogP contribution in [0.2, 0.25) is 0 Å². The lowest BCUT2D eigenvalue weighted by Crippen LogP contribution is -2.08. The summed E-state index contributed by atoms with van der Waals surface area (Å²) in [5, 5.41) is 0. The van der Waals surface area contributed by atoms with E-state index in [1.54, 1.807) is 24.3 Å². The fourth-order valence-corrected chi connectivity index (χ4v) is 1.33. The number of nitrogens with two attached hydrogens (primary N) is 1. The van der Waals surface area contributed by atoms with Crippen LogP contribution in [0.3, 0.4) is 0 Å². The predicted molar refractivity (Wildman–Crippen MR) is 60.4 cm³/mol. The summed E-state index contributed by atoms with van der Waals surface area (Å²) in [6.07, 6.45) is 0. The average molecular weight is 233 g/mol. The highest BCUT2D eigenvalue weighted by molar-refractivity contribution is 5.39. The van der Waals surface area contributed by atoms with Crippen LogP contribution in [0.1, 0.15) is 0 Å². The number of nitroso groups, excluding NO2 is 1. The van der Waals surface area contributed by atoms with E-state index in [0.717, 1.165) is 6.07 Å². The van der Waals surface area contributed by atoms with Gasteiger partial charge in [0, 0.05) is 6.07 Å². The van der Waals surface area contributed by atoms with E-state index >= 15 is 0 Å². The maximum absolute atomic E-state index is 13.5. The van der Waals surface area contributed by atoms with Crippen LogP contribution in [0.15, 0.2) is 48.5 Å². The van der Waals surface area contributed by atoms with Gasteiger partial charge in [0.15, 0.2) is 16.4 Å². The normalized spacial score (nSPS) is 9.94. The number of halogens is 1. The van der Waals surface area contributed by atoms with Gasteiger partial charge in [0.25, 0.3) is 5.69 Å². The quantitative estimate of drug-likeness (QED) is 0.503. The maximum Gasteiger partial charge on any atom is 0.294 e. The van der Waals surface area contributed by atoms with Crippen LogP contribution in [0.25, 0.3) is 0 Å². The molecule has 0 unspecified atom stereocenters. The molecule has 0 fully saturated rings. The monoisotopic (exact) mass is 233 g/mol. The molecule has 0 aliphatic carbocycles. The summed E-state index contributed by atoms with van der Waals surface area (Å²) in [7, 11) is 0. The fraction of sp³-hybridized carbons (Fsp3) is 0. The van der Waals surface area contributed by atoms with Gasteiger partial charge < -0.3 is 4.74 Å². The zero-order valence-electron chi connectivity index (χ0n) is 8.84. The second-order valence-corrected chi connectivity index (χ2v) is 3.36. The highest BCUT2D eigenvalue weighted by Gasteiger charge is 2.13. The number of ether oxygens (including phenoxy) is 1. The zero-order chi connectivity index (χ0) is 12.3. The Morgan fingerprint density at radius 1 is 1.12 bits per heavy atom. The minimum absolute atomic E-state index is 0.0305. The average Bonchev–Trinajstić information content (AvgIpc) is 2.33. The molecular weight excluding hydrogens is 223 g/mol. The van der Waals surface area contributed by atoms with E-state index < -0.39 is 5.82 Å². The van der Waals surface area contributed by atoms with E-state index in [2.05, 4.69) is 0 Å². The first kappa shape index (κ1) is 11.1. The standard InChI is InChI=1S/C12H10FN2O2/c13-11-8-9(15(14)16)6-7-12(11)17-10-4-2-1-3-5-10/h1-8H,(H2,14,16)/q+1. The largest absolute Gasteiger partial charge is 0.454 e. The van der Waals surface area contributed by atoms with Crippen molar-refractivity contribution in [2.45, 2.75) is 0 Å². The molecule has 0 spiro atoms. The Balaban J connectivity index is 2.26. The van der Waals surface area contributed by atoms with E-state index in [1.807, 2.05) is 6.07 Å². The number of benzene rings is 2. The second-order valence-electron chi connectivity index (χ2n) is 3.36. The molecule has 0 atom stereocenters. The molecule has 0 bridgehead atoms. The summed E-state index contributed by atoms with van der Waals surface area (Å²) in [5.74, 6) is 4.88. The molecule has 0 aliphatic rings. The van der Waals surface area contributed by atoms with Crippen molar-refractivity contribution in [2.24, 2.45) is 5.84 Å². The SMILES string of the molecule is N[N+](=O)c1ccc(Oc2ccccc2)c(F)c1. The molecule has 0 aromatic heterocycles. The summed E-state index contributed by atoms with van der Waals surface area (Å²) in [4.78, 5) is 10.8. The lowest BCUT2D eigenvalue weighted by molar-refractivity contribution is -0.474. The zero-order valence-corrected chi connectivity index (χ0v) is 8.84. The molecule has 4 nitrogen and oxygen atoms in total. The van der Waals surface area contributed by atoms with Crippen molar-refractivity contribution < 1.29 is 14.0 Å². The molecule has 0 amide bonds. The van der Waals surface area contributed by atoms with E-state index in [1.165, 1.54) is 12.1 Å². The Bertz CT molecular complexity index is 543.